The number of non-ortho nitro benzene ring substituents is 1. The molecule has 0 bridgehead atoms. The van der Waals surface area contributed by atoms with Gasteiger partial charge in [0.05, 0.1) is 29.1 Å². The van der Waals surface area contributed by atoms with Crippen molar-refractivity contribution in [3.63, 3.8) is 0 Å². The molecule has 11 heteroatoms. The summed E-state index contributed by atoms with van der Waals surface area (Å²) < 4.78 is 6.46. The Kier molecular flexibility index (Phi) is 5.41. The van der Waals surface area contributed by atoms with Gasteiger partial charge in [-0.3, -0.25) is 20.0 Å². The molecule has 0 spiro atoms. The molecule has 1 N–H and O–H groups in total. The average Bonchev–Trinajstić information content (AvgIpc) is 3.37. The average molecular weight is 436 g/mol. The fourth-order valence-electron chi connectivity index (χ4n) is 2.83. The van der Waals surface area contributed by atoms with E-state index in [-0.39, 0.29) is 17.1 Å². The second kappa shape index (κ2) is 8.32. The first-order chi connectivity index (χ1) is 15.0. The molecule has 2 aromatic carbocycles. The van der Waals surface area contributed by atoms with Crippen LogP contribution in [0.3, 0.4) is 0 Å². The minimum atomic E-state index is -0.517. The second-order valence-electron chi connectivity index (χ2n) is 6.45. The molecule has 0 saturated carbocycles. The van der Waals surface area contributed by atoms with Crippen LogP contribution in [0, 0.1) is 17.0 Å². The van der Waals surface area contributed by atoms with Crippen LogP contribution in [0.15, 0.2) is 68.9 Å². The number of methoxy groups -OCH3 is 1. The number of nitro benzene ring substituents is 1. The van der Waals surface area contributed by atoms with Crippen LogP contribution in [0.2, 0.25) is 0 Å². The summed E-state index contributed by atoms with van der Waals surface area (Å²) in [5.74, 6) is 0.745. The summed E-state index contributed by atoms with van der Waals surface area (Å²) in [6, 6.07) is 13.2. The van der Waals surface area contributed by atoms with Crippen molar-refractivity contribution in [1.82, 2.24) is 14.8 Å². The first-order valence-corrected chi connectivity index (χ1v) is 9.92. The number of aryl methyl sites for hydroxylation is 1. The van der Waals surface area contributed by atoms with Gasteiger partial charge in [-0.1, -0.05) is 6.07 Å². The summed E-state index contributed by atoms with van der Waals surface area (Å²) in [5, 5.41) is 24.1. The Labute approximate surface area is 179 Å². The van der Waals surface area contributed by atoms with E-state index in [1.54, 1.807) is 20.1 Å². The smallest absolute Gasteiger partial charge is 0.301 e. The summed E-state index contributed by atoms with van der Waals surface area (Å²) >= 11 is 1.31. The van der Waals surface area contributed by atoms with Crippen LogP contribution in [-0.2, 0) is 0 Å². The molecule has 0 saturated heterocycles. The molecule has 0 aliphatic carbocycles. The third-order valence-corrected chi connectivity index (χ3v) is 5.24. The van der Waals surface area contributed by atoms with Gasteiger partial charge in [-0.15, -0.1) is 16.5 Å². The summed E-state index contributed by atoms with van der Waals surface area (Å²) in [7, 11) is 1.60. The number of aromatic amines is 1. The monoisotopic (exact) mass is 436 g/mol. The van der Waals surface area contributed by atoms with Crippen molar-refractivity contribution < 1.29 is 9.66 Å². The topological polar surface area (TPSA) is 128 Å². The van der Waals surface area contributed by atoms with E-state index in [1.807, 2.05) is 29.6 Å². The molecule has 2 aromatic heterocycles. The van der Waals surface area contributed by atoms with Crippen LogP contribution in [0.25, 0.3) is 16.4 Å². The van der Waals surface area contributed by atoms with E-state index in [0.29, 0.717) is 10.8 Å². The maximum absolute atomic E-state index is 12.8. The predicted molar refractivity (Wildman–Crippen MR) is 116 cm³/mol. The summed E-state index contributed by atoms with van der Waals surface area (Å²) in [4.78, 5) is 27.7. The standard InChI is InChI=1S/C20H16N6O4S/c1-12-18(23-22-14-4-3-5-15(10-14)26(28)29)19(27)25(24-12)20-21-17(11-31-20)13-6-8-16(30-2)9-7-13/h3-11,24H,1-2H3. The Hall–Kier alpha value is -4.12. The molecule has 0 aliphatic heterocycles. The number of ether oxygens (including phenoxy) is 1. The van der Waals surface area contributed by atoms with E-state index >= 15 is 0 Å². The second-order valence-corrected chi connectivity index (χ2v) is 7.28. The third-order valence-electron chi connectivity index (χ3n) is 4.42. The van der Waals surface area contributed by atoms with Crippen LogP contribution in [0.1, 0.15) is 5.69 Å². The Morgan fingerprint density at radius 3 is 2.68 bits per heavy atom. The summed E-state index contributed by atoms with van der Waals surface area (Å²) in [6.07, 6.45) is 0. The minimum absolute atomic E-state index is 0.103. The Morgan fingerprint density at radius 1 is 1.19 bits per heavy atom. The predicted octanol–water partition coefficient (Wildman–Crippen LogP) is 4.93. The number of H-pyrrole nitrogens is 1. The van der Waals surface area contributed by atoms with Gasteiger partial charge in [0.25, 0.3) is 5.69 Å². The van der Waals surface area contributed by atoms with Gasteiger partial charge in [-0.05, 0) is 37.3 Å². The van der Waals surface area contributed by atoms with Crippen LogP contribution in [-0.4, -0.2) is 26.8 Å². The number of nitrogens with zero attached hydrogens (tertiary/aromatic N) is 5. The number of hydrogen-bond acceptors (Lipinski definition) is 8. The van der Waals surface area contributed by atoms with Crippen LogP contribution in [0.4, 0.5) is 17.1 Å². The van der Waals surface area contributed by atoms with Gasteiger partial charge in [0, 0.05) is 23.1 Å². The normalized spacial score (nSPS) is 11.2. The minimum Gasteiger partial charge on any atom is -0.497 e. The van der Waals surface area contributed by atoms with E-state index in [9.17, 15) is 14.9 Å². The molecule has 31 heavy (non-hydrogen) atoms. The molecule has 0 unspecified atom stereocenters. The zero-order valence-corrected chi connectivity index (χ0v) is 17.3. The van der Waals surface area contributed by atoms with Crippen molar-refractivity contribution in [1.29, 1.82) is 0 Å². The highest BCUT2D eigenvalue weighted by molar-refractivity contribution is 7.12. The molecule has 2 heterocycles. The van der Waals surface area contributed by atoms with Crippen molar-refractivity contribution in [3.8, 4) is 22.1 Å². The molecular weight excluding hydrogens is 420 g/mol. The lowest BCUT2D eigenvalue weighted by atomic mass is 10.2. The van der Waals surface area contributed by atoms with Crippen LogP contribution in [0.5, 0.6) is 5.75 Å². The maximum Gasteiger partial charge on any atom is 0.301 e. The van der Waals surface area contributed by atoms with Crippen molar-refractivity contribution in [2.24, 2.45) is 10.2 Å². The van der Waals surface area contributed by atoms with Gasteiger partial charge in [-0.25, -0.2) is 4.98 Å². The van der Waals surface area contributed by atoms with Gasteiger partial charge in [-0.2, -0.15) is 9.80 Å². The zero-order chi connectivity index (χ0) is 22.0. The van der Waals surface area contributed by atoms with Gasteiger partial charge in [0.15, 0.2) is 5.69 Å². The molecule has 0 radical (unpaired) electrons. The quantitative estimate of drug-likeness (QED) is 0.260. The summed E-state index contributed by atoms with van der Waals surface area (Å²) in [6.45, 7) is 1.69. The molecule has 0 fully saturated rings. The van der Waals surface area contributed by atoms with E-state index in [0.717, 1.165) is 17.0 Å². The number of thiazole rings is 1. The number of benzene rings is 2. The highest BCUT2D eigenvalue weighted by Crippen LogP contribution is 2.27. The van der Waals surface area contributed by atoms with Crippen molar-refractivity contribution >= 4 is 28.4 Å². The van der Waals surface area contributed by atoms with Crippen LogP contribution < -0.4 is 10.3 Å². The first-order valence-electron chi connectivity index (χ1n) is 9.04. The first kappa shape index (κ1) is 20.2. The van der Waals surface area contributed by atoms with Gasteiger partial charge >= 0.3 is 5.56 Å². The van der Waals surface area contributed by atoms with E-state index in [1.165, 1.54) is 34.2 Å². The molecular formula is C20H16N6O4S. The highest BCUT2D eigenvalue weighted by Gasteiger charge is 2.15. The number of nitrogens with one attached hydrogen (secondary N) is 1. The molecule has 156 valence electrons. The van der Waals surface area contributed by atoms with Crippen molar-refractivity contribution in [3.05, 3.63) is 80.1 Å². The van der Waals surface area contributed by atoms with Gasteiger partial charge < -0.3 is 4.74 Å². The molecule has 0 amide bonds. The lowest BCUT2D eigenvalue weighted by Crippen LogP contribution is -2.13. The molecule has 4 rings (SSSR count). The summed E-state index contributed by atoms with van der Waals surface area (Å²) in [5.41, 5.74) is 1.98. The van der Waals surface area contributed by atoms with E-state index < -0.39 is 10.5 Å². The Bertz CT molecular complexity index is 1340. The number of nitro groups is 1. The van der Waals surface area contributed by atoms with Crippen molar-refractivity contribution in [2.75, 3.05) is 7.11 Å². The Morgan fingerprint density at radius 2 is 1.97 bits per heavy atom. The highest BCUT2D eigenvalue weighted by atomic mass is 32.1. The Balaban J connectivity index is 1.63. The molecule has 0 atom stereocenters. The number of aromatic nitrogens is 3. The van der Waals surface area contributed by atoms with E-state index in [4.69, 9.17) is 4.74 Å². The molecule has 4 aromatic rings. The number of azo groups is 1. The SMILES string of the molecule is COc1ccc(-c2csc(-n3[nH]c(C)c(N=Nc4cccc([N+](=O)[O-])c4)c3=O)n2)cc1. The fraction of sp³-hybridized carbons (Fsp3) is 0.100. The maximum atomic E-state index is 12.8. The van der Waals surface area contributed by atoms with Gasteiger partial charge in [0.1, 0.15) is 5.75 Å². The third kappa shape index (κ3) is 4.12. The van der Waals surface area contributed by atoms with Gasteiger partial charge in [0.2, 0.25) is 5.13 Å². The number of rotatable bonds is 6. The molecule has 10 nitrogen and oxygen atoms in total. The van der Waals surface area contributed by atoms with Crippen molar-refractivity contribution in [2.45, 2.75) is 6.92 Å². The van der Waals surface area contributed by atoms with E-state index in [2.05, 4.69) is 20.3 Å². The fourth-order valence-corrected chi connectivity index (χ4v) is 3.62. The molecule has 0 aliphatic rings. The van der Waals surface area contributed by atoms with Crippen LogP contribution >= 0.6 is 11.3 Å². The lowest BCUT2D eigenvalue weighted by molar-refractivity contribution is -0.384. The largest absolute Gasteiger partial charge is 0.497 e. The number of hydrogen-bond donors (Lipinski definition) is 1. The zero-order valence-electron chi connectivity index (χ0n) is 16.5. The lowest BCUT2D eigenvalue weighted by Gasteiger charge is -2.00.